The molecule has 2 aromatic rings. The van der Waals surface area contributed by atoms with Crippen molar-refractivity contribution in [2.24, 2.45) is 11.8 Å². The van der Waals surface area contributed by atoms with E-state index in [1.54, 1.807) is 9.80 Å². The molecule has 2 fully saturated rings. The van der Waals surface area contributed by atoms with Crippen molar-refractivity contribution in [2.75, 3.05) is 26.2 Å². The molecular formula is C27H36N2O5. The van der Waals surface area contributed by atoms with Crippen molar-refractivity contribution in [3.05, 3.63) is 70.8 Å². The van der Waals surface area contributed by atoms with Crippen LogP contribution in [0.5, 0.6) is 0 Å². The van der Waals surface area contributed by atoms with Gasteiger partial charge in [0.2, 0.25) is 0 Å². The number of β-amino-alcohol motifs (C(OH)–C–C–N with tert-alkyl or cyclic N) is 2. The predicted octanol–water partition coefficient (Wildman–Crippen LogP) is 3.39. The summed E-state index contributed by atoms with van der Waals surface area (Å²) >= 11 is 0. The zero-order chi connectivity index (χ0) is 24.8. The van der Waals surface area contributed by atoms with Gasteiger partial charge in [-0.1, -0.05) is 61.9 Å². The van der Waals surface area contributed by atoms with Crippen molar-refractivity contribution >= 4 is 12.0 Å². The Kier molecular flexibility index (Phi) is 8.69. The summed E-state index contributed by atoms with van der Waals surface area (Å²) in [5.74, 6) is 0.331. The van der Waals surface area contributed by atoms with Crippen LogP contribution in [0.3, 0.4) is 0 Å². The summed E-state index contributed by atoms with van der Waals surface area (Å²) in [6.07, 6.45) is -1.17. The van der Waals surface area contributed by atoms with Gasteiger partial charge in [0.25, 0.3) is 5.91 Å². The summed E-state index contributed by atoms with van der Waals surface area (Å²) in [6.45, 7) is 10.1. The quantitative estimate of drug-likeness (QED) is 0.721. The van der Waals surface area contributed by atoms with Crippen LogP contribution in [0, 0.1) is 25.7 Å². The molecule has 7 nitrogen and oxygen atoms in total. The van der Waals surface area contributed by atoms with E-state index in [-0.39, 0.29) is 36.5 Å². The number of ether oxygens (including phenoxy) is 1. The van der Waals surface area contributed by atoms with Crippen LogP contribution in [0.25, 0.3) is 0 Å². The first-order valence-corrected chi connectivity index (χ1v) is 11.8. The molecule has 2 N–H and O–H groups in total. The zero-order valence-electron chi connectivity index (χ0n) is 20.5. The lowest BCUT2D eigenvalue weighted by Crippen LogP contribution is -2.30. The maximum atomic E-state index is 12.3. The highest BCUT2D eigenvalue weighted by molar-refractivity contribution is 5.96. The number of nitrogens with zero attached hydrogens (tertiary/aromatic N) is 2. The standard InChI is InChI=1S/C14H19NO2.C13H17NO3/c1-9-4-5-10(2)12(6-9)14(17)15-7-11(3)13(16)8-15;1-10-7-14(8-12(10)15)13(16)17-9-11-5-3-2-4-6-11/h4-6,11,13,16H,7-8H2,1-3H3;2-6,10,12,15H,7-9H2,1H3/t11-,13-;10-,12-/m11/s1. The number of hydrogen-bond acceptors (Lipinski definition) is 5. The molecule has 0 aliphatic carbocycles. The second kappa shape index (κ2) is 11.5. The van der Waals surface area contributed by atoms with E-state index >= 15 is 0 Å². The number of hydrogen-bond donors (Lipinski definition) is 2. The predicted molar refractivity (Wildman–Crippen MR) is 130 cm³/mol. The number of amides is 2. The van der Waals surface area contributed by atoms with E-state index < -0.39 is 6.10 Å². The van der Waals surface area contributed by atoms with E-state index in [0.717, 1.165) is 22.3 Å². The van der Waals surface area contributed by atoms with Crippen LogP contribution in [0.2, 0.25) is 0 Å². The Labute approximate surface area is 202 Å². The Bertz CT molecular complexity index is 960. The molecule has 2 aliphatic heterocycles. The Morgan fingerprint density at radius 2 is 1.47 bits per heavy atom. The van der Waals surface area contributed by atoms with Crippen molar-refractivity contribution in [3.8, 4) is 0 Å². The average molecular weight is 469 g/mol. The van der Waals surface area contributed by atoms with Crippen LogP contribution in [0.15, 0.2) is 48.5 Å². The van der Waals surface area contributed by atoms with Gasteiger partial charge in [-0.2, -0.15) is 0 Å². The SMILES string of the molecule is C[C@@H]1CN(C(=O)OCc2ccccc2)C[C@H]1O.Cc1ccc(C)c(C(=O)N2C[C@@H](C)[C@H](O)C2)c1. The largest absolute Gasteiger partial charge is 0.445 e. The minimum Gasteiger partial charge on any atom is -0.445 e. The van der Waals surface area contributed by atoms with Gasteiger partial charge in [-0.15, -0.1) is 0 Å². The van der Waals surface area contributed by atoms with E-state index in [9.17, 15) is 19.8 Å². The molecule has 2 saturated heterocycles. The van der Waals surface area contributed by atoms with Crippen LogP contribution < -0.4 is 0 Å². The molecule has 0 aromatic heterocycles. The fourth-order valence-electron chi connectivity index (χ4n) is 4.16. The Morgan fingerprint density at radius 3 is 2.03 bits per heavy atom. The summed E-state index contributed by atoms with van der Waals surface area (Å²) in [5.41, 5.74) is 3.81. The van der Waals surface area contributed by atoms with Gasteiger partial charge in [-0.05, 0) is 31.0 Å². The number of benzene rings is 2. The number of likely N-dealkylation sites (tertiary alicyclic amines) is 2. The molecule has 0 spiro atoms. The number of aliphatic hydroxyl groups excluding tert-OH is 2. The third-order valence-corrected chi connectivity index (χ3v) is 6.52. The molecule has 2 amide bonds. The molecule has 184 valence electrons. The first kappa shape index (κ1) is 25.7. The monoisotopic (exact) mass is 468 g/mol. The molecule has 2 heterocycles. The van der Waals surface area contributed by atoms with E-state index in [2.05, 4.69) is 0 Å². The fourth-order valence-corrected chi connectivity index (χ4v) is 4.16. The number of carbonyl (C=O) groups excluding carboxylic acids is 2. The highest BCUT2D eigenvalue weighted by atomic mass is 16.6. The second-order valence-corrected chi connectivity index (χ2v) is 9.56. The maximum Gasteiger partial charge on any atom is 0.410 e. The third kappa shape index (κ3) is 6.58. The lowest BCUT2D eigenvalue weighted by Gasteiger charge is -2.17. The highest BCUT2D eigenvalue weighted by Crippen LogP contribution is 2.21. The van der Waals surface area contributed by atoms with Gasteiger partial charge in [0, 0.05) is 37.0 Å². The van der Waals surface area contributed by atoms with Crippen LogP contribution in [-0.2, 0) is 11.3 Å². The Morgan fingerprint density at radius 1 is 0.882 bits per heavy atom. The van der Waals surface area contributed by atoms with E-state index in [4.69, 9.17) is 4.74 Å². The van der Waals surface area contributed by atoms with Gasteiger partial charge in [0.15, 0.2) is 0 Å². The molecule has 4 rings (SSSR count). The van der Waals surface area contributed by atoms with Gasteiger partial charge in [0.1, 0.15) is 6.61 Å². The summed E-state index contributed by atoms with van der Waals surface area (Å²) in [4.78, 5) is 27.3. The summed E-state index contributed by atoms with van der Waals surface area (Å²) in [5, 5.41) is 19.2. The lowest BCUT2D eigenvalue weighted by atomic mass is 10.0. The van der Waals surface area contributed by atoms with E-state index in [1.807, 2.05) is 76.2 Å². The minimum atomic E-state index is -0.431. The van der Waals surface area contributed by atoms with Gasteiger partial charge >= 0.3 is 6.09 Å². The molecule has 2 aromatic carbocycles. The molecule has 0 saturated carbocycles. The summed E-state index contributed by atoms with van der Waals surface area (Å²) < 4.78 is 5.18. The van der Waals surface area contributed by atoms with Gasteiger partial charge < -0.3 is 24.7 Å². The lowest BCUT2D eigenvalue weighted by molar-refractivity contribution is 0.0763. The van der Waals surface area contributed by atoms with Crippen LogP contribution in [0.1, 0.15) is 40.9 Å². The topological polar surface area (TPSA) is 90.3 Å². The zero-order valence-corrected chi connectivity index (χ0v) is 20.5. The van der Waals surface area contributed by atoms with Gasteiger partial charge in [0.05, 0.1) is 18.8 Å². The average Bonchev–Trinajstić information content (AvgIpc) is 3.35. The van der Waals surface area contributed by atoms with Crippen LogP contribution >= 0.6 is 0 Å². The fraction of sp³-hybridized carbons (Fsp3) is 0.481. The first-order chi connectivity index (χ1) is 16.2. The van der Waals surface area contributed by atoms with Gasteiger partial charge in [-0.25, -0.2) is 4.79 Å². The van der Waals surface area contributed by atoms with Crippen LogP contribution in [0.4, 0.5) is 4.79 Å². The van der Waals surface area contributed by atoms with Crippen molar-refractivity contribution in [1.29, 1.82) is 0 Å². The van der Waals surface area contributed by atoms with Gasteiger partial charge in [-0.3, -0.25) is 4.79 Å². The molecule has 0 bridgehead atoms. The smallest absolute Gasteiger partial charge is 0.410 e. The Hall–Kier alpha value is -2.90. The van der Waals surface area contributed by atoms with Crippen molar-refractivity contribution in [1.82, 2.24) is 9.80 Å². The van der Waals surface area contributed by atoms with Crippen molar-refractivity contribution in [3.63, 3.8) is 0 Å². The number of rotatable bonds is 3. The molecule has 7 heteroatoms. The number of aryl methyl sites for hydroxylation is 2. The van der Waals surface area contributed by atoms with E-state index in [0.29, 0.717) is 26.2 Å². The normalized spacial score (nSPS) is 23.9. The van der Waals surface area contributed by atoms with E-state index in [1.165, 1.54) is 0 Å². The molecule has 4 atom stereocenters. The molecule has 34 heavy (non-hydrogen) atoms. The van der Waals surface area contributed by atoms with Crippen molar-refractivity contribution in [2.45, 2.75) is 46.5 Å². The number of carbonyl (C=O) groups is 2. The molecule has 2 aliphatic rings. The maximum absolute atomic E-state index is 12.3. The highest BCUT2D eigenvalue weighted by Gasteiger charge is 2.32. The Balaban J connectivity index is 0.000000191. The molecule has 0 radical (unpaired) electrons. The van der Waals surface area contributed by atoms with Crippen LogP contribution in [-0.4, -0.2) is 70.4 Å². The number of aliphatic hydroxyl groups is 2. The molecular weight excluding hydrogens is 432 g/mol. The summed E-state index contributed by atoms with van der Waals surface area (Å²) in [6, 6.07) is 15.5. The summed E-state index contributed by atoms with van der Waals surface area (Å²) in [7, 11) is 0. The van der Waals surface area contributed by atoms with Crippen molar-refractivity contribution < 1.29 is 24.5 Å². The first-order valence-electron chi connectivity index (χ1n) is 11.8. The minimum absolute atomic E-state index is 0.0367. The molecule has 0 unspecified atom stereocenters. The second-order valence-electron chi connectivity index (χ2n) is 9.56. The third-order valence-electron chi connectivity index (χ3n) is 6.52.